The summed E-state index contributed by atoms with van der Waals surface area (Å²) in [7, 11) is 0. The van der Waals surface area contributed by atoms with Gasteiger partial charge in [-0.05, 0) is 61.9 Å². The molecule has 20 heavy (non-hydrogen) atoms. The molecule has 1 aliphatic rings. The van der Waals surface area contributed by atoms with Crippen LogP contribution >= 0.6 is 0 Å². The van der Waals surface area contributed by atoms with Crippen molar-refractivity contribution in [3.05, 3.63) is 23.3 Å². The Morgan fingerprint density at radius 1 is 1.05 bits per heavy atom. The second kappa shape index (κ2) is 7.95. The highest BCUT2D eigenvalue weighted by atomic mass is 19.2. The Morgan fingerprint density at radius 2 is 1.60 bits per heavy atom. The van der Waals surface area contributed by atoms with Gasteiger partial charge in [0.15, 0.2) is 5.83 Å². The van der Waals surface area contributed by atoms with Gasteiger partial charge in [-0.1, -0.05) is 33.8 Å². The smallest absolute Gasteiger partial charge is 0.157 e. The van der Waals surface area contributed by atoms with E-state index in [1.807, 2.05) is 20.8 Å². The predicted molar refractivity (Wildman–Crippen MR) is 82.7 cm³/mol. The van der Waals surface area contributed by atoms with Crippen LogP contribution in [0.1, 0.15) is 66.7 Å². The molecule has 0 aromatic rings. The van der Waals surface area contributed by atoms with Crippen molar-refractivity contribution in [2.45, 2.75) is 66.7 Å². The molecule has 1 saturated carbocycles. The van der Waals surface area contributed by atoms with Gasteiger partial charge in [-0.2, -0.15) is 0 Å². The summed E-state index contributed by atoms with van der Waals surface area (Å²) in [5.41, 5.74) is 0.602. The van der Waals surface area contributed by atoms with Crippen LogP contribution in [-0.4, -0.2) is 0 Å². The number of hydrogen-bond acceptors (Lipinski definition) is 0. The molecule has 0 unspecified atom stereocenters. The number of allylic oxidation sites excluding steroid dienone is 4. The summed E-state index contributed by atoms with van der Waals surface area (Å²) in [4.78, 5) is 0. The summed E-state index contributed by atoms with van der Waals surface area (Å²) >= 11 is 0. The highest BCUT2D eigenvalue weighted by Crippen LogP contribution is 2.40. The van der Waals surface area contributed by atoms with Gasteiger partial charge in [0.05, 0.1) is 0 Å². The molecule has 0 N–H and O–H groups in total. The molecule has 1 rings (SSSR count). The molecule has 1 fully saturated rings. The van der Waals surface area contributed by atoms with Crippen molar-refractivity contribution in [3.63, 3.8) is 0 Å². The molecular formula is C18H30F2. The van der Waals surface area contributed by atoms with Gasteiger partial charge in [-0.25, -0.2) is 8.78 Å². The van der Waals surface area contributed by atoms with Crippen molar-refractivity contribution >= 4 is 0 Å². The van der Waals surface area contributed by atoms with E-state index in [1.165, 1.54) is 0 Å². The minimum absolute atomic E-state index is 0.149. The summed E-state index contributed by atoms with van der Waals surface area (Å²) < 4.78 is 28.2. The maximum atomic E-state index is 14.3. The van der Waals surface area contributed by atoms with E-state index < -0.39 is 11.7 Å². The Labute approximate surface area is 123 Å². The van der Waals surface area contributed by atoms with Crippen molar-refractivity contribution < 1.29 is 8.78 Å². The lowest BCUT2D eigenvalue weighted by molar-refractivity contribution is 0.240. The number of halogens is 2. The van der Waals surface area contributed by atoms with Crippen LogP contribution in [0.25, 0.3) is 0 Å². The lowest BCUT2D eigenvalue weighted by atomic mass is 9.74. The van der Waals surface area contributed by atoms with Crippen LogP contribution in [0, 0.1) is 23.7 Å². The van der Waals surface area contributed by atoms with Crippen molar-refractivity contribution in [1.82, 2.24) is 0 Å². The average molecular weight is 284 g/mol. The lowest BCUT2D eigenvalue weighted by Crippen LogP contribution is -2.20. The molecule has 0 nitrogen and oxygen atoms in total. The molecule has 0 aromatic heterocycles. The third kappa shape index (κ3) is 4.71. The summed E-state index contributed by atoms with van der Waals surface area (Å²) in [6.45, 7) is 10.2. The highest BCUT2D eigenvalue weighted by molar-refractivity contribution is 5.30. The SMILES string of the molecule is C/C=C(\C(F)=C(\F)CC(C)C)C1CCC(C(C)C)CC1. The van der Waals surface area contributed by atoms with E-state index in [9.17, 15) is 8.78 Å². The van der Waals surface area contributed by atoms with Crippen LogP contribution in [0.5, 0.6) is 0 Å². The third-order valence-electron chi connectivity index (χ3n) is 4.54. The molecule has 0 radical (unpaired) electrons. The van der Waals surface area contributed by atoms with Gasteiger partial charge in [0.25, 0.3) is 0 Å². The largest absolute Gasteiger partial charge is 0.209 e. The summed E-state index contributed by atoms with van der Waals surface area (Å²) in [5.74, 6) is 0.636. The van der Waals surface area contributed by atoms with Gasteiger partial charge in [-0.3, -0.25) is 0 Å². The van der Waals surface area contributed by atoms with Gasteiger partial charge < -0.3 is 0 Å². The second-order valence-electron chi connectivity index (χ2n) is 6.92. The van der Waals surface area contributed by atoms with Crippen LogP contribution < -0.4 is 0 Å². The maximum Gasteiger partial charge on any atom is 0.157 e. The van der Waals surface area contributed by atoms with Crippen LogP contribution in [0.3, 0.4) is 0 Å². The molecule has 0 amide bonds. The van der Waals surface area contributed by atoms with Crippen LogP contribution in [0.4, 0.5) is 8.78 Å². The highest BCUT2D eigenvalue weighted by Gasteiger charge is 2.28. The Hall–Kier alpha value is -0.660. The van der Waals surface area contributed by atoms with E-state index in [0.717, 1.165) is 31.6 Å². The van der Waals surface area contributed by atoms with Crippen molar-refractivity contribution in [1.29, 1.82) is 0 Å². The Balaban J connectivity index is 2.74. The van der Waals surface area contributed by atoms with Gasteiger partial charge in [-0.15, -0.1) is 0 Å². The van der Waals surface area contributed by atoms with Crippen LogP contribution in [0.2, 0.25) is 0 Å². The van der Waals surface area contributed by atoms with Crippen molar-refractivity contribution in [3.8, 4) is 0 Å². The minimum Gasteiger partial charge on any atom is -0.209 e. The Kier molecular flexibility index (Phi) is 6.91. The molecule has 0 saturated heterocycles. The molecule has 0 aliphatic heterocycles. The zero-order chi connectivity index (χ0) is 15.3. The second-order valence-corrected chi connectivity index (χ2v) is 6.92. The fourth-order valence-corrected chi connectivity index (χ4v) is 3.24. The fourth-order valence-electron chi connectivity index (χ4n) is 3.24. The fraction of sp³-hybridized carbons (Fsp3) is 0.778. The molecule has 0 bridgehead atoms. The summed E-state index contributed by atoms with van der Waals surface area (Å²) in [5, 5.41) is 0. The van der Waals surface area contributed by atoms with Gasteiger partial charge in [0.1, 0.15) is 5.83 Å². The third-order valence-corrected chi connectivity index (χ3v) is 4.54. The van der Waals surface area contributed by atoms with Crippen LogP contribution in [-0.2, 0) is 0 Å². The van der Waals surface area contributed by atoms with Gasteiger partial charge >= 0.3 is 0 Å². The van der Waals surface area contributed by atoms with E-state index in [0.29, 0.717) is 11.5 Å². The average Bonchev–Trinajstić information content (AvgIpc) is 2.39. The quantitative estimate of drug-likeness (QED) is 0.499. The molecule has 0 aromatic carbocycles. The first-order valence-corrected chi connectivity index (χ1v) is 8.07. The first kappa shape index (κ1) is 17.4. The van der Waals surface area contributed by atoms with E-state index in [4.69, 9.17) is 0 Å². The minimum atomic E-state index is -0.589. The normalized spacial score (nSPS) is 26.1. The number of hydrogen-bond donors (Lipinski definition) is 0. The van der Waals surface area contributed by atoms with Crippen LogP contribution in [0.15, 0.2) is 23.3 Å². The molecule has 116 valence electrons. The predicted octanol–water partition coefficient (Wildman–Crippen LogP) is 6.59. The zero-order valence-corrected chi connectivity index (χ0v) is 13.7. The Morgan fingerprint density at radius 3 is 2.00 bits per heavy atom. The van der Waals surface area contributed by atoms with Gasteiger partial charge in [0.2, 0.25) is 0 Å². The zero-order valence-electron chi connectivity index (χ0n) is 13.7. The lowest BCUT2D eigenvalue weighted by Gasteiger charge is -2.32. The Bertz CT molecular complexity index is 356. The molecule has 0 heterocycles. The monoisotopic (exact) mass is 284 g/mol. The first-order chi connectivity index (χ1) is 9.36. The van der Waals surface area contributed by atoms with E-state index >= 15 is 0 Å². The van der Waals surface area contributed by atoms with Gasteiger partial charge in [0, 0.05) is 6.42 Å². The standard InChI is InChI=1S/C18H30F2/c1-6-16(18(20)17(19)11-12(2)3)15-9-7-14(8-10-15)13(4)5/h6,12-15H,7-11H2,1-5H3/b16-6-,18-17-. The van der Waals surface area contributed by atoms with Crippen molar-refractivity contribution in [2.75, 3.05) is 0 Å². The molecular weight excluding hydrogens is 254 g/mol. The van der Waals surface area contributed by atoms with E-state index in [1.54, 1.807) is 6.08 Å². The molecule has 0 spiro atoms. The molecule has 2 heteroatoms. The topological polar surface area (TPSA) is 0 Å². The van der Waals surface area contributed by atoms with Crippen molar-refractivity contribution in [2.24, 2.45) is 23.7 Å². The summed E-state index contributed by atoms with van der Waals surface area (Å²) in [6.07, 6.45) is 6.23. The van der Waals surface area contributed by atoms with E-state index in [2.05, 4.69) is 13.8 Å². The molecule has 1 aliphatic carbocycles. The first-order valence-electron chi connectivity index (χ1n) is 8.07. The van der Waals surface area contributed by atoms with E-state index in [-0.39, 0.29) is 18.3 Å². The number of rotatable bonds is 5. The summed E-state index contributed by atoms with van der Waals surface area (Å²) in [6, 6.07) is 0. The molecule has 0 atom stereocenters. The maximum absolute atomic E-state index is 14.3.